The van der Waals surface area contributed by atoms with E-state index in [0.29, 0.717) is 42.9 Å². The van der Waals surface area contributed by atoms with Crippen molar-refractivity contribution in [3.8, 4) is 0 Å². The minimum absolute atomic E-state index is 0.0102. The number of nitrogens with zero attached hydrogens (tertiary/aromatic N) is 1. The lowest BCUT2D eigenvalue weighted by atomic mass is 9.49. The Labute approximate surface area is 183 Å². The van der Waals surface area contributed by atoms with Crippen molar-refractivity contribution in [1.82, 2.24) is 4.90 Å². The van der Waals surface area contributed by atoms with Gasteiger partial charge in [0.15, 0.2) is 0 Å². The van der Waals surface area contributed by atoms with Crippen molar-refractivity contribution in [3.05, 3.63) is 11.8 Å². The first-order valence-corrected chi connectivity index (χ1v) is 12.1. The molecule has 1 saturated carbocycles. The van der Waals surface area contributed by atoms with Crippen LogP contribution < -0.4 is 0 Å². The lowest BCUT2D eigenvalue weighted by Gasteiger charge is -2.56. The molecule has 1 aliphatic heterocycles. The summed E-state index contributed by atoms with van der Waals surface area (Å²) in [6, 6.07) is 0. The maximum atomic E-state index is 13.8. The molecule has 1 N–H and O–H groups in total. The van der Waals surface area contributed by atoms with E-state index in [4.69, 9.17) is 0 Å². The van der Waals surface area contributed by atoms with Gasteiger partial charge in [-0.05, 0) is 56.3 Å². The second-order valence-corrected chi connectivity index (χ2v) is 11.8. The van der Waals surface area contributed by atoms with Crippen molar-refractivity contribution in [2.24, 2.45) is 34.5 Å². The normalized spacial score (nSPS) is 41.3. The van der Waals surface area contributed by atoms with Crippen LogP contribution in [0.15, 0.2) is 11.8 Å². The van der Waals surface area contributed by atoms with Gasteiger partial charge in [0.25, 0.3) is 0 Å². The quantitative estimate of drug-likeness (QED) is 0.673. The second kappa shape index (κ2) is 8.07. The van der Waals surface area contributed by atoms with Crippen molar-refractivity contribution in [3.63, 3.8) is 0 Å². The molecule has 4 nitrogen and oxygen atoms in total. The third-order valence-electron chi connectivity index (χ3n) is 8.63. The van der Waals surface area contributed by atoms with Gasteiger partial charge in [-0.3, -0.25) is 9.59 Å². The van der Waals surface area contributed by atoms with Crippen LogP contribution in [0.3, 0.4) is 0 Å². The summed E-state index contributed by atoms with van der Waals surface area (Å²) in [6.45, 7) is 15.5. The molecule has 0 radical (unpaired) electrons. The van der Waals surface area contributed by atoms with E-state index >= 15 is 0 Å². The van der Waals surface area contributed by atoms with Gasteiger partial charge in [0.05, 0.1) is 11.1 Å². The molecule has 170 valence electrons. The van der Waals surface area contributed by atoms with Crippen LogP contribution in [0.25, 0.3) is 0 Å². The van der Waals surface area contributed by atoms with Gasteiger partial charge in [0.1, 0.15) is 11.4 Å². The first-order chi connectivity index (χ1) is 13.8. The predicted octanol–water partition coefficient (Wildman–Crippen LogP) is 5.35. The summed E-state index contributed by atoms with van der Waals surface area (Å²) in [5, 5.41) is 12.5. The Morgan fingerprint density at radius 2 is 1.77 bits per heavy atom. The largest absolute Gasteiger partial charge is 0.382 e. The predicted molar refractivity (Wildman–Crippen MR) is 121 cm³/mol. The van der Waals surface area contributed by atoms with Crippen LogP contribution in [0.4, 0.5) is 0 Å². The minimum Gasteiger partial charge on any atom is -0.382 e. The number of allylic oxidation sites excluding steroid dienone is 1. The number of aliphatic hydroxyl groups is 1. The van der Waals surface area contributed by atoms with E-state index in [-0.39, 0.29) is 11.8 Å². The number of carbonyl (C=O) groups excluding carboxylic acids is 2. The number of hydrogen-bond donors (Lipinski definition) is 1. The summed E-state index contributed by atoms with van der Waals surface area (Å²) >= 11 is 0. The molecule has 1 saturated heterocycles. The number of amides is 1. The Balaban J connectivity index is 2.15. The van der Waals surface area contributed by atoms with Crippen LogP contribution in [-0.4, -0.2) is 33.8 Å². The Kier molecular flexibility index (Phi) is 6.33. The minimum atomic E-state index is -1.20. The van der Waals surface area contributed by atoms with E-state index in [2.05, 4.69) is 47.6 Å². The summed E-state index contributed by atoms with van der Waals surface area (Å²) < 4.78 is 0. The topological polar surface area (TPSA) is 57.6 Å². The van der Waals surface area contributed by atoms with E-state index in [1.807, 2.05) is 11.8 Å². The van der Waals surface area contributed by atoms with Crippen LogP contribution in [0.2, 0.25) is 0 Å². The van der Waals surface area contributed by atoms with E-state index in [9.17, 15) is 14.7 Å². The van der Waals surface area contributed by atoms with Gasteiger partial charge in [-0.25, -0.2) is 0 Å². The van der Waals surface area contributed by atoms with Crippen molar-refractivity contribution in [2.45, 2.75) is 99.0 Å². The van der Waals surface area contributed by atoms with E-state index < -0.39 is 16.4 Å². The van der Waals surface area contributed by atoms with Gasteiger partial charge < -0.3 is 10.0 Å². The monoisotopic (exact) mass is 417 g/mol. The van der Waals surface area contributed by atoms with Crippen LogP contribution in [0.1, 0.15) is 93.4 Å². The highest BCUT2D eigenvalue weighted by Gasteiger charge is 2.72. The summed E-state index contributed by atoms with van der Waals surface area (Å²) in [7, 11) is 0. The number of Topliss-reactive ketones (excluding diaryl/α,β-unsaturated/α-hetero) is 1. The van der Waals surface area contributed by atoms with Crippen molar-refractivity contribution in [1.29, 1.82) is 0 Å². The van der Waals surface area contributed by atoms with Crippen LogP contribution >= 0.6 is 0 Å². The number of rotatable bonds is 3. The smallest absolute Gasteiger partial charge is 0.236 e. The number of hydrogen-bond acceptors (Lipinski definition) is 3. The molecular weight excluding hydrogens is 374 g/mol. The molecule has 30 heavy (non-hydrogen) atoms. The Bertz CT molecular complexity index is 724. The summed E-state index contributed by atoms with van der Waals surface area (Å²) in [6.07, 6.45) is 7.79. The van der Waals surface area contributed by atoms with Crippen molar-refractivity contribution >= 4 is 11.7 Å². The number of carbonyl (C=O) groups is 2. The lowest BCUT2D eigenvalue weighted by molar-refractivity contribution is -0.177. The van der Waals surface area contributed by atoms with Crippen LogP contribution in [0.5, 0.6) is 0 Å². The van der Waals surface area contributed by atoms with Gasteiger partial charge in [-0.2, -0.15) is 0 Å². The SMILES string of the molecule is CC(C)CCN1C(=O)[C@@]2(C)CC[C@H]3CC[C@H](C)CC(=O)C[C@H](C)/C=C\1[C@]2(O)C3(C)C. The molecular formula is C26H43NO3. The molecule has 1 amide bonds. The van der Waals surface area contributed by atoms with E-state index in [1.165, 1.54) is 0 Å². The highest BCUT2D eigenvalue weighted by atomic mass is 16.3. The fourth-order valence-electron chi connectivity index (χ4n) is 6.56. The zero-order valence-corrected chi connectivity index (χ0v) is 20.3. The molecule has 2 fully saturated rings. The Morgan fingerprint density at radius 3 is 2.40 bits per heavy atom. The molecule has 0 aromatic carbocycles. The first kappa shape index (κ1) is 23.5. The summed E-state index contributed by atoms with van der Waals surface area (Å²) in [5.41, 5.74) is -1.62. The molecule has 1 heterocycles. The fourth-order valence-corrected chi connectivity index (χ4v) is 6.56. The Morgan fingerprint density at radius 1 is 1.10 bits per heavy atom. The average molecular weight is 418 g/mol. The van der Waals surface area contributed by atoms with Crippen molar-refractivity contribution < 1.29 is 14.7 Å². The summed E-state index contributed by atoms with van der Waals surface area (Å²) in [4.78, 5) is 28.3. The fraction of sp³-hybridized carbons (Fsp3) is 0.846. The van der Waals surface area contributed by atoms with Gasteiger partial charge >= 0.3 is 0 Å². The number of fused-ring (bicyclic) bond motifs is 1. The number of likely N-dealkylation sites (tertiary alicyclic amines) is 1. The molecule has 0 aromatic heterocycles. The molecule has 3 aliphatic rings. The van der Waals surface area contributed by atoms with E-state index in [0.717, 1.165) is 37.8 Å². The third-order valence-corrected chi connectivity index (χ3v) is 8.63. The highest BCUT2D eigenvalue weighted by molar-refractivity contribution is 5.91. The average Bonchev–Trinajstić information content (AvgIpc) is 2.78. The molecule has 2 bridgehead atoms. The molecule has 5 atom stereocenters. The van der Waals surface area contributed by atoms with E-state index in [1.54, 1.807) is 0 Å². The lowest BCUT2D eigenvalue weighted by Crippen LogP contribution is -2.62. The maximum absolute atomic E-state index is 13.8. The molecule has 0 aromatic rings. The standard InChI is InChI=1S/C26H43NO3/c1-17(2)11-13-27-22-16-19(4)15-21(28)14-18(3)8-9-20-10-12-25(7,23(27)29)26(22,30)24(20,5)6/h16-20,30H,8-15H2,1-7H3/b22-16-/t18-,19-,20+,25+,26-/m0/s1. The van der Waals surface area contributed by atoms with Crippen molar-refractivity contribution in [2.75, 3.05) is 6.54 Å². The molecule has 2 aliphatic carbocycles. The van der Waals surface area contributed by atoms with Gasteiger partial charge in [0, 0.05) is 24.8 Å². The first-order valence-electron chi connectivity index (χ1n) is 12.1. The van der Waals surface area contributed by atoms with Gasteiger partial charge in [0.2, 0.25) is 5.91 Å². The Hall–Kier alpha value is -1.16. The molecule has 4 heteroatoms. The number of ketones is 1. The zero-order valence-electron chi connectivity index (χ0n) is 20.3. The third kappa shape index (κ3) is 3.57. The van der Waals surface area contributed by atoms with Gasteiger partial charge in [-0.1, -0.05) is 54.0 Å². The van der Waals surface area contributed by atoms with Crippen LogP contribution in [-0.2, 0) is 9.59 Å². The second-order valence-electron chi connectivity index (χ2n) is 11.8. The van der Waals surface area contributed by atoms with Crippen LogP contribution in [0, 0.1) is 34.5 Å². The molecule has 0 unspecified atom stereocenters. The molecule has 3 rings (SSSR count). The maximum Gasteiger partial charge on any atom is 0.236 e. The zero-order chi connectivity index (χ0) is 22.5. The highest BCUT2D eigenvalue weighted by Crippen LogP contribution is 2.65. The van der Waals surface area contributed by atoms with Gasteiger partial charge in [-0.15, -0.1) is 0 Å². The molecule has 0 spiro atoms. The summed E-state index contributed by atoms with van der Waals surface area (Å²) in [5.74, 6) is 1.57.